The van der Waals surface area contributed by atoms with E-state index < -0.39 is 0 Å². The molecule has 6 nitrogen and oxygen atoms in total. The lowest BCUT2D eigenvalue weighted by Crippen LogP contribution is -2.40. The van der Waals surface area contributed by atoms with Gasteiger partial charge >= 0.3 is 0 Å². The summed E-state index contributed by atoms with van der Waals surface area (Å²) in [6, 6.07) is 9.93. The average molecular weight is 381 g/mol. The lowest BCUT2D eigenvalue weighted by molar-refractivity contribution is -0.126. The molecule has 0 spiro atoms. The molecule has 1 saturated heterocycles. The number of hydrogen-bond acceptors (Lipinski definition) is 4. The van der Waals surface area contributed by atoms with Crippen LogP contribution in [-0.4, -0.2) is 35.6 Å². The number of carbonyl (C=O) groups excluding carboxylic acids is 1. The first-order chi connectivity index (χ1) is 13.6. The molecule has 3 heterocycles. The van der Waals surface area contributed by atoms with Crippen LogP contribution < -0.4 is 10.1 Å². The summed E-state index contributed by atoms with van der Waals surface area (Å²) in [5, 5.41) is 4.23. The number of fused-ring (bicyclic) bond motifs is 1. The number of aryl methyl sites for hydroxylation is 1. The van der Waals surface area contributed by atoms with Crippen molar-refractivity contribution in [2.45, 2.75) is 25.9 Å². The molecule has 1 aliphatic heterocycles. The number of aromatic nitrogens is 1. The van der Waals surface area contributed by atoms with Crippen LogP contribution in [0.1, 0.15) is 24.2 Å². The Bertz CT molecular complexity index is 938. The second-order valence-corrected chi connectivity index (χ2v) is 7.50. The number of hydrogen-bond donors (Lipinski definition) is 1. The van der Waals surface area contributed by atoms with E-state index in [2.05, 4.69) is 40.2 Å². The number of benzene rings is 1. The maximum Gasteiger partial charge on any atom is 0.223 e. The summed E-state index contributed by atoms with van der Waals surface area (Å²) in [7, 11) is 3.78. The molecule has 28 heavy (non-hydrogen) atoms. The SMILES string of the molecule is COc1ccc2c(c1)c(CN1CCC(C(=O)NCc3ccco3)CC1)cn2C. The first-order valence-corrected chi connectivity index (χ1v) is 9.78. The predicted octanol–water partition coefficient (Wildman–Crippen LogP) is 3.31. The largest absolute Gasteiger partial charge is 0.497 e. The van der Waals surface area contributed by atoms with Crippen LogP contribution in [0.5, 0.6) is 5.75 Å². The van der Waals surface area contributed by atoms with Gasteiger partial charge in [0.2, 0.25) is 5.91 Å². The van der Waals surface area contributed by atoms with Gasteiger partial charge in [0.1, 0.15) is 11.5 Å². The van der Waals surface area contributed by atoms with E-state index in [0.717, 1.165) is 44.0 Å². The fourth-order valence-electron chi connectivity index (χ4n) is 4.03. The van der Waals surface area contributed by atoms with Gasteiger partial charge in [-0.2, -0.15) is 0 Å². The number of piperidine rings is 1. The van der Waals surface area contributed by atoms with E-state index >= 15 is 0 Å². The second kappa shape index (κ2) is 8.10. The molecule has 0 atom stereocenters. The first kappa shape index (κ1) is 18.6. The van der Waals surface area contributed by atoms with E-state index in [1.54, 1.807) is 13.4 Å². The molecule has 1 fully saturated rings. The van der Waals surface area contributed by atoms with Crippen LogP contribution in [0, 0.1) is 5.92 Å². The van der Waals surface area contributed by atoms with Gasteiger partial charge in [-0.1, -0.05) is 0 Å². The molecule has 1 aromatic carbocycles. The summed E-state index contributed by atoms with van der Waals surface area (Å²) >= 11 is 0. The van der Waals surface area contributed by atoms with E-state index in [1.165, 1.54) is 16.5 Å². The van der Waals surface area contributed by atoms with Crippen LogP contribution in [0.2, 0.25) is 0 Å². The minimum absolute atomic E-state index is 0.0822. The Morgan fingerprint density at radius 2 is 2.11 bits per heavy atom. The maximum atomic E-state index is 12.4. The summed E-state index contributed by atoms with van der Waals surface area (Å²) in [5.41, 5.74) is 2.51. The molecular weight excluding hydrogens is 354 g/mol. The quantitative estimate of drug-likeness (QED) is 0.712. The van der Waals surface area contributed by atoms with Gasteiger partial charge in [-0.05, 0) is 61.8 Å². The van der Waals surface area contributed by atoms with Gasteiger partial charge in [0.25, 0.3) is 0 Å². The zero-order chi connectivity index (χ0) is 19.5. The minimum Gasteiger partial charge on any atom is -0.497 e. The van der Waals surface area contributed by atoms with Crippen molar-refractivity contribution in [3.63, 3.8) is 0 Å². The summed E-state index contributed by atoms with van der Waals surface area (Å²) in [6.45, 7) is 3.22. The highest BCUT2D eigenvalue weighted by molar-refractivity contribution is 5.85. The summed E-state index contributed by atoms with van der Waals surface area (Å²) in [5.74, 6) is 1.88. The summed E-state index contributed by atoms with van der Waals surface area (Å²) in [4.78, 5) is 14.9. The minimum atomic E-state index is 0.0822. The van der Waals surface area contributed by atoms with E-state index in [4.69, 9.17) is 9.15 Å². The van der Waals surface area contributed by atoms with Crippen molar-refractivity contribution in [3.8, 4) is 5.75 Å². The Hall–Kier alpha value is -2.73. The van der Waals surface area contributed by atoms with Crippen molar-refractivity contribution >= 4 is 16.8 Å². The Labute approximate surface area is 165 Å². The Balaban J connectivity index is 1.34. The normalized spacial score (nSPS) is 15.8. The van der Waals surface area contributed by atoms with Crippen LogP contribution in [0.4, 0.5) is 0 Å². The topological polar surface area (TPSA) is 59.6 Å². The summed E-state index contributed by atoms with van der Waals surface area (Å²) in [6.07, 6.45) is 5.60. The highest BCUT2D eigenvalue weighted by Crippen LogP contribution is 2.28. The van der Waals surface area contributed by atoms with Gasteiger partial charge in [0, 0.05) is 36.6 Å². The van der Waals surface area contributed by atoms with Crippen molar-refractivity contribution in [1.82, 2.24) is 14.8 Å². The van der Waals surface area contributed by atoms with Gasteiger partial charge in [-0.3, -0.25) is 9.69 Å². The van der Waals surface area contributed by atoms with E-state index in [1.807, 2.05) is 18.2 Å². The predicted molar refractivity (Wildman–Crippen MR) is 108 cm³/mol. The number of likely N-dealkylation sites (tertiary alicyclic amines) is 1. The molecule has 1 amide bonds. The van der Waals surface area contributed by atoms with Gasteiger partial charge < -0.3 is 19.0 Å². The molecule has 4 rings (SSSR count). The standard InChI is InChI=1S/C22H27N3O3/c1-24-14-17(20-12-18(27-2)5-6-21(20)24)15-25-9-7-16(8-10-25)22(26)23-13-19-4-3-11-28-19/h3-6,11-12,14,16H,7-10,13,15H2,1-2H3,(H,23,26). The van der Waals surface area contributed by atoms with E-state index in [0.29, 0.717) is 6.54 Å². The molecule has 0 radical (unpaired) electrons. The van der Waals surface area contributed by atoms with Crippen LogP contribution in [0.15, 0.2) is 47.2 Å². The number of carbonyl (C=O) groups is 1. The lowest BCUT2D eigenvalue weighted by atomic mass is 9.95. The van der Waals surface area contributed by atoms with Crippen LogP contribution in [0.25, 0.3) is 10.9 Å². The smallest absolute Gasteiger partial charge is 0.223 e. The lowest BCUT2D eigenvalue weighted by Gasteiger charge is -2.31. The molecule has 6 heteroatoms. The highest BCUT2D eigenvalue weighted by Gasteiger charge is 2.25. The number of ether oxygens (including phenoxy) is 1. The van der Waals surface area contributed by atoms with Crippen LogP contribution in [-0.2, 0) is 24.9 Å². The monoisotopic (exact) mass is 381 g/mol. The number of furan rings is 1. The molecule has 0 bridgehead atoms. The molecule has 0 saturated carbocycles. The molecule has 3 aromatic rings. The Kier molecular flexibility index (Phi) is 5.39. The zero-order valence-electron chi connectivity index (χ0n) is 16.5. The fraction of sp³-hybridized carbons (Fsp3) is 0.409. The van der Waals surface area contributed by atoms with Gasteiger partial charge in [0.15, 0.2) is 0 Å². The van der Waals surface area contributed by atoms with Crippen molar-refractivity contribution < 1.29 is 13.9 Å². The van der Waals surface area contributed by atoms with Crippen molar-refractivity contribution in [1.29, 1.82) is 0 Å². The number of methoxy groups -OCH3 is 1. The molecule has 0 aliphatic carbocycles. The molecular formula is C22H27N3O3. The molecule has 0 unspecified atom stereocenters. The van der Waals surface area contributed by atoms with E-state index in [-0.39, 0.29) is 11.8 Å². The fourth-order valence-corrected chi connectivity index (χ4v) is 4.03. The van der Waals surface area contributed by atoms with Crippen molar-refractivity contribution in [3.05, 3.63) is 54.1 Å². The van der Waals surface area contributed by atoms with Gasteiger partial charge in [-0.25, -0.2) is 0 Å². The maximum absolute atomic E-state index is 12.4. The number of amides is 1. The van der Waals surface area contributed by atoms with Gasteiger partial charge in [0.05, 0.1) is 19.9 Å². The Morgan fingerprint density at radius 1 is 1.29 bits per heavy atom. The molecule has 1 N–H and O–H groups in total. The summed E-state index contributed by atoms with van der Waals surface area (Å²) < 4.78 is 12.8. The van der Waals surface area contributed by atoms with Gasteiger partial charge in [-0.15, -0.1) is 0 Å². The van der Waals surface area contributed by atoms with Crippen molar-refractivity contribution in [2.24, 2.45) is 13.0 Å². The van der Waals surface area contributed by atoms with E-state index in [9.17, 15) is 4.79 Å². The van der Waals surface area contributed by atoms with Crippen LogP contribution >= 0.6 is 0 Å². The Morgan fingerprint density at radius 3 is 2.82 bits per heavy atom. The molecule has 1 aliphatic rings. The highest BCUT2D eigenvalue weighted by atomic mass is 16.5. The average Bonchev–Trinajstić information content (AvgIpc) is 3.35. The molecule has 148 valence electrons. The number of nitrogens with one attached hydrogen (secondary N) is 1. The molecule has 2 aromatic heterocycles. The second-order valence-electron chi connectivity index (χ2n) is 7.50. The third kappa shape index (κ3) is 3.92. The van der Waals surface area contributed by atoms with Crippen molar-refractivity contribution in [2.75, 3.05) is 20.2 Å². The number of rotatable bonds is 6. The van der Waals surface area contributed by atoms with Crippen LogP contribution in [0.3, 0.4) is 0 Å². The zero-order valence-corrected chi connectivity index (χ0v) is 16.5. The number of nitrogens with zero attached hydrogens (tertiary/aromatic N) is 2. The first-order valence-electron chi connectivity index (χ1n) is 9.78. The third-order valence-corrected chi connectivity index (χ3v) is 5.65. The third-order valence-electron chi connectivity index (χ3n) is 5.65.